The van der Waals surface area contributed by atoms with Crippen molar-refractivity contribution in [3.05, 3.63) is 120 Å². The molecule has 2 aliphatic rings. The first-order valence-electron chi connectivity index (χ1n) is 40.4. The van der Waals surface area contributed by atoms with Crippen LogP contribution in [0.3, 0.4) is 0 Å². The first kappa shape index (κ1) is 90.8. The maximum Gasteiger partial charge on any atom is 0.226 e. The number of aromatic nitrogens is 4. The molecule has 8 unspecified atom stereocenters. The third kappa shape index (κ3) is 15.0. The van der Waals surface area contributed by atoms with Crippen molar-refractivity contribution in [3.8, 4) is 44.5 Å². The van der Waals surface area contributed by atoms with E-state index in [1.165, 1.54) is 41.5 Å². The van der Waals surface area contributed by atoms with Crippen molar-refractivity contribution in [2.24, 2.45) is 0 Å². The Hall–Kier alpha value is -5.10. The lowest BCUT2D eigenvalue weighted by molar-refractivity contribution is 0.379. The highest BCUT2D eigenvalue weighted by Crippen LogP contribution is 2.49. The largest absolute Gasteiger partial charge is 0.415 e. The van der Waals surface area contributed by atoms with Crippen LogP contribution in [-0.2, 0) is 35.4 Å². The summed E-state index contributed by atoms with van der Waals surface area (Å²) in [5.74, 6) is 0. The molecule has 0 amide bonds. The third-order valence-electron chi connectivity index (χ3n) is 28.9. The molecule has 0 fully saturated rings. The summed E-state index contributed by atoms with van der Waals surface area (Å²) < 4.78 is 56.1. The van der Waals surface area contributed by atoms with Crippen molar-refractivity contribution >= 4 is 154 Å². The van der Waals surface area contributed by atoms with Gasteiger partial charge < -0.3 is 45.4 Å². The Balaban J connectivity index is 1.70. The summed E-state index contributed by atoms with van der Waals surface area (Å²) >= 11 is 0. The third-order valence-corrected chi connectivity index (χ3v) is 69.7. The van der Waals surface area contributed by atoms with E-state index in [9.17, 15) is 0 Å². The van der Waals surface area contributed by atoms with Gasteiger partial charge in [-0.1, -0.05) is 239 Å². The van der Waals surface area contributed by atoms with Crippen LogP contribution in [0.15, 0.2) is 97.1 Å². The molecule has 0 radical (unpaired) electrons. The SMILES string of the molecule is CO[Si](C)(c1ccc(-c2c3nc(c(-c4ccc([Si](C)(OC)C(C)(C)C)cc4[Si](C)(OC)C(C)(C)C)c4ccc([nH]4)c(-c4ccc([Si](C)(OC)C(C)(C)C)cc4[Si](C)(OC)C(C)(C)C)c4nc(c(-c5ccc([Si](C)(OC)C(C)(C)C)cc5[Si](C)(OC)C(C)(C)C)c5ccc2[nH]5)C=C4)C=C3)c([Si](C)(OC)C(C)(C)C)c1)C(C)(C)C. The predicted molar refractivity (Wildman–Crippen MR) is 504 cm³/mol. The van der Waals surface area contributed by atoms with E-state index in [0.717, 1.165) is 89.4 Å². The molecule has 20 heteroatoms. The molecular weight excluding hydrogens is 1510 g/mol. The number of hydrogen-bond acceptors (Lipinski definition) is 10. The molecule has 8 bridgehead atoms. The second kappa shape index (κ2) is 30.7. The van der Waals surface area contributed by atoms with Gasteiger partial charge in [-0.05, 0) is 205 Å². The molecule has 112 heavy (non-hydrogen) atoms. The fourth-order valence-electron chi connectivity index (χ4n) is 16.9. The molecular formula is C92H142N4O8Si8. The van der Waals surface area contributed by atoms with Crippen molar-refractivity contribution in [1.29, 1.82) is 0 Å². The first-order chi connectivity index (χ1) is 51.2. The van der Waals surface area contributed by atoms with Crippen LogP contribution < -0.4 is 41.5 Å². The highest BCUT2D eigenvalue weighted by atomic mass is 28.4. The van der Waals surface area contributed by atoms with Crippen LogP contribution in [0.25, 0.3) is 90.9 Å². The van der Waals surface area contributed by atoms with Gasteiger partial charge in [-0.2, -0.15) is 0 Å². The van der Waals surface area contributed by atoms with E-state index in [-0.39, 0.29) is 40.3 Å². The van der Waals surface area contributed by atoms with Gasteiger partial charge in [0.15, 0.2) is 0 Å². The maximum absolute atomic E-state index is 7.18. The number of benzene rings is 4. The van der Waals surface area contributed by atoms with E-state index < -0.39 is 66.5 Å². The van der Waals surface area contributed by atoms with Gasteiger partial charge in [0.2, 0.25) is 66.5 Å². The Morgan fingerprint density at radius 3 is 0.509 bits per heavy atom. The predicted octanol–water partition coefficient (Wildman–Crippen LogP) is 21.2. The van der Waals surface area contributed by atoms with E-state index in [4.69, 9.17) is 45.4 Å². The number of rotatable bonds is 20. The maximum atomic E-state index is 7.18. The average molecular weight is 1660 g/mol. The fraction of sp³-hybridized carbons (Fsp3) is 0.522. The molecule has 3 aromatic heterocycles. The standard InChI is InChI=1S/C92H142N4O8Si8/c1-85(2,3)105(33,97-25)61-41-45-65(77(57-61)109(37,101-29)89(13,14)15)81-69-49-51-71(93-69)82(66-46-42-62(106(34,98-26)86(4,5)6)58-78(66)110(38,102-30)90(16,17)18)73-53-55-75(95-73)84(68-48-44-64(108(36,100-28)88(10,11)12)60-80(68)112(40,104-32)92(22,23)24)76-56-54-74(96-76)83(72-52-50-70(81)94-72)67-47-43-63(107(35,99-27)87(7,8)9)59-79(67)111(39,103-31)91(19,20)21/h41-60,93,96H,1-40H3. The fourth-order valence-corrected chi connectivity index (χ4v) is 38.8. The molecule has 2 aliphatic heterocycles. The Morgan fingerprint density at radius 2 is 0.375 bits per heavy atom. The lowest BCUT2D eigenvalue weighted by Crippen LogP contribution is -2.59. The van der Waals surface area contributed by atoms with Gasteiger partial charge >= 0.3 is 0 Å². The zero-order chi connectivity index (χ0) is 84.5. The van der Waals surface area contributed by atoms with Gasteiger partial charge in [0.25, 0.3) is 0 Å². The summed E-state index contributed by atoms with van der Waals surface area (Å²) in [5.41, 5.74) is 14.9. The molecule has 610 valence electrons. The number of fused-ring (bicyclic) bond motifs is 8. The highest BCUT2D eigenvalue weighted by Gasteiger charge is 2.54. The minimum Gasteiger partial charge on any atom is -0.415 e. The van der Waals surface area contributed by atoms with Crippen LogP contribution in [-0.4, -0.2) is 143 Å². The lowest BCUT2D eigenvalue weighted by atomic mass is 10.0. The zero-order valence-corrected chi connectivity index (χ0v) is 84.7. The molecule has 7 aromatic rings. The second-order valence-electron chi connectivity index (χ2n) is 41.4. The number of nitrogens with zero attached hydrogens (tertiary/aromatic N) is 2. The van der Waals surface area contributed by atoms with Gasteiger partial charge in [-0.25, -0.2) is 9.97 Å². The van der Waals surface area contributed by atoms with Crippen molar-refractivity contribution in [3.63, 3.8) is 0 Å². The molecule has 9 rings (SSSR count). The topological polar surface area (TPSA) is 131 Å². The summed E-state index contributed by atoms with van der Waals surface area (Å²) in [7, 11) is -7.43. The normalized spacial score (nSPS) is 18.1. The van der Waals surface area contributed by atoms with Gasteiger partial charge in [0.1, 0.15) is 0 Å². The Morgan fingerprint density at radius 1 is 0.223 bits per heavy atom. The van der Waals surface area contributed by atoms with Crippen LogP contribution in [0.5, 0.6) is 0 Å². The minimum absolute atomic E-state index is 0.153. The van der Waals surface area contributed by atoms with Crippen LogP contribution >= 0.6 is 0 Å². The smallest absolute Gasteiger partial charge is 0.226 e. The number of H-pyrrole nitrogens is 2. The molecule has 4 aromatic carbocycles. The second-order valence-corrected chi connectivity index (χ2v) is 77.7. The van der Waals surface area contributed by atoms with Crippen LogP contribution in [0.4, 0.5) is 0 Å². The number of hydrogen-bond donors (Lipinski definition) is 2. The summed E-state index contributed by atoms with van der Waals surface area (Å²) in [5, 5.41) is 7.87. The van der Waals surface area contributed by atoms with Crippen LogP contribution in [0, 0.1) is 0 Å². The van der Waals surface area contributed by atoms with Gasteiger partial charge in [0.05, 0.1) is 22.8 Å². The number of aromatic amines is 2. The summed E-state index contributed by atoms with van der Waals surface area (Å²) in [6, 6.07) is 38.0. The molecule has 12 nitrogen and oxygen atoms in total. The molecule has 8 atom stereocenters. The summed E-state index contributed by atoms with van der Waals surface area (Å²) in [6.45, 7) is 75.1. The molecule has 0 saturated carbocycles. The van der Waals surface area contributed by atoms with Gasteiger partial charge in [0, 0.05) is 101 Å². The van der Waals surface area contributed by atoms with Gasteiger partial charge in [-0.3, -0.25) is 0 Å². The van der Waals surface area contributed by atoms with E-state index in [0.29, 0.717) is 0 Å². The Kier molecular flexibility index (Phi) is 24.9. The van der Waals surface area contributed by atoms with Crippen molar-refractivity contribution in [1.82, 2.24) is 19.9 Å². The van der Waals surface area contributed by atoms with Crippen molar-refractivity contribution in [2.45, 2.75) is 259 Å². The Bertz CT molecular complexity index is 4370. The van der Waals surface area contributed by atoms with Crippen LogP contribution in [0.1, 0.15) is 189 Å². The van der Waals surface area contributed by atoms with Gasteiger partial charge in [-0.15, -0.1) is 0 Å². The van der Waals surface area contributed by atoms with E-state index in [2.05, 4.69) is 350 Å². The first-order valence-corrected chi connectivity index (χ1v) is 59.7. The zero-order valence-electron chi connectivity index (χ0n) is 76.7. The molecule has 0 spiro atoms. The van der Waals surface area contributed by atoms with E-state index >= 15 is 0 Å². The summed E-state index contributed by atoms with van der Waals surface area (Å²) in [6.07, 6.45) is 9.04. The van der Waals surface area contributed by atoms with Crippen molar-refractivity contribution in [2.75, 3.05) is 56.9 Å². The monoisotopic (exact) mass is 1650 g/mol. The lowest BCUT2D eigenvalue weighted by Gasteiger charge is -2.42. The van der Waals surface area contributed by atoms with E-state index in [1.54, 1.807) is 0 Å². The summed E-state index contributed by atoms with van der Waals surface area (Å²) in [4.78, 5) is 21.0. The Labute approximate surface area is 684 Å². The molecule has 0 saturated heterocycles. The van der Waals surface area contributed by atoms with Crippen molar-refractivity contribution < 1.29 is 35.4 Å². The average Bonchev–Trinajstić information content (AvgIpc) is 0.965. The quantitative estimate of drug-likeness (QED) is 0.0711. The minimum atomic E-state index is -3.01. The van der Waals surface area contributed by atoms with Crippen LogP contribution in [0.2, 0.25) is 92.7 Å². The molecule has 2 N–H and O–H groups in total. The van der Waals surface area contributed by atoms with E-state index in [1.807, 2.05) is 56.9 Å². The number of nitrogens with one attached hydrogen (secondary N) is 2. The molecule has 0 aliphatic carbocycles. The highest BCUT2D eigenvalue weighted by molar-refractivity contribution is 6.94. The molecule has 5 heterocycles.